The molecule has 2 aromatic heterocycles. The Morgan fingerprint density at radius 2 is 2.18 bits per heavy atom. The van der Waals surface area contributed by atoms with Crippen LogP contribution in [0.15, 0.2) is 42.4 Å². The van der Waals surface area contributed by atoms with Gasteiger partial charge in [0.1, 0.15) is 5.83 Å². The van der Waals surface area contributed by atoms with Crippen molar-refractivity contribution in [3.05, 3.63) is 53.4 Å². The van der Waals surface area contributed by atoms with Crippen LogP contribution in [0.1, 0.15) is 12.6 Å². The highest BCUT2D eigenvalue weighted by atomic mass is 35.5. The molecule has 174 valence electrons. The van der Waals surface area contributed by atoms with Crippen LogP contribution in [0.25, 0.3) is 16.1 Å². The number of amides is 1. The minimum Gasteiger partial charge on any atom is -0.438 e. The van der Waals surface area contributed by atoms with E-state index in [2.05, 4.69) is 15.0 Å². The van der Waals surface area contributed by atoms with Gasteiger partial charge >= 0.3 is 6.09 Å². The number of rotatable bonds is 5. The molecule has 0 spiro atoms. The number of nitrogens with two attached hydrogens (primary N) is 1. The van der Waals surface area contributed by atoms with E-state index in [0.717, 1.165) is 18.2 Å². The van der Waals surface area contributed by atoms with Crippen molar-refractivity contribution in [3.8, 4) is 10.6 Å². The zero-order chi connectivity index (χ0) is 23.6. The number of anilines is 1. The number of halogens is 3. The van der Waals surface area contributed by atoms with Crippen LogP contribution < -0.4 is 10.6 Å². The minimum atomic E-state index is -2.56. The lowest BCUT2D eigenvalue weighted by Gasteiger charge is -2.33. The molecule has 3 heterocycles. The molecule has 1 amide bonds. The van der Waals surface area contributed by atoms with Gasteiger partial charge in [-0.3, -0.25) is 0 Å². The Balaban J connectivity index is 1.92. The summed E-state index contributed by atoms with van der Waals surface area (Å²) in [7, 11) is 0. The molecule has 0 aromatic carbocycles. The van der Waals surface area contributed by atoms with Crippen LogP contribution in [0.4, 0.5) is 18.7 Å². The number of alkyl halides is 1. The summed E-state index contributed by atoms with van der Waals surface area (Å²) < 4.78 is 42.2. The number of carbonyl (C=O) groups is 1. The van der Waals surface area contributed by atoms with Crippen LogP contribution in [-0.4, -0.2) is 59.1 Å². The number of ether oxygens (including phenoxy) is 2. The van der Waals surface area contributed by atoms with E-state index in [1.165, 1.54) is 23.6 Å². The Kier molecular flexibility index (Phi) is 6.73. The van der Waals surface area contributed by atoms with Crippen molar-refractivity contribution in [1.82, 2.24) is 15.0 Å². The van der Waals surface area contributed by atoms with Crippen LogP contribution in [0.5, 0.6) is 0 Å². The van der Waals surface area contributed by atoms with Crippen LogP contribution in [0.2, 0.25) is 5.28 Å². The number of nitrogens with zero attached hydrogens (tertiary/aromatic N) is 4. The summed E-state index contributed by atoms with van der Waals surface area (Å²) in [5.74, 6) is -0.861. The largest absolute Gasteiger partial charge is 0.438 e. The molecule has 1 aliphatic heterocycles. The van der Waals surface area contributed by atoms with Gasteiger partial charge in [-0.25, -0.2) is 28.5 Å². The van der Waals surface area contributed by atoms with Crippen molar-refractivity contribution in [2.24, 2.45) is 5.73 Å². The number of primary amides is 1. The van der Waals surface area contributed by atoms with Crippen molar-refractivity contribution in [2.45, 2.75) is 18.7 Å². The lowest BCUT2D eigenvalue weighted by molar-refractivity contribution is 0.0654. The SMILES string of the molecule is CC=CC1(F)C(c2nc(N3CCOCC3)sc2-c2ccnc(Cl)n2)=C(F)C=CC1OC(N)=O. The van der Waals surface area contributed by atoms with Gasteiger partial charge in [-0.2, -0.15) is 0 Å². The van der Waals surface area contributed by atoms with E-state index in [1.807, 2.05) is 4.90 Å². The molecule has 2 aromatic rings. The molecule has 0 saturated carbocycles. The highest BCUT2D eigenvalue weighted by Gasteiger charge is 2.48. The first-order chi connectivity index (χ1) is 15.8. The lowest BCUT2D eigenvalue weighted by atomic mass is 9.82. The number of morpholine rings is 1. The molecule has 1 saturated heterocycles. The number of carbonyl (C=O) groups excluding carboxylic acids is 1. The fraction of sp³-hybridized carbons (Fsp3) is 0.333. The topological polar surface area (TPSA) is 103 Å². The normalized spacial score (nSPS) is 23.4. The monoisotopic (exact) mass is 495 g/mol. The molecule has 1 fully saturated rings. The van der Waals surface area contributed by atoms with Gasteiger partial charge in [-0.15, -0.1) is 0 Å². The Morgan fingerprint density at radius 3 is 2.85 bits per heavy atom. The van der Waals surface area contributed by atoms with E-state index in [4.69, 9.17) is 26.8 Å². The second-order valence-electron chi connectivity index (χ2n) is 7.19. The molecule has 2 unspecified atom stereocenters. The molecular formula is C21H20ClF2N5O3S. The first-order valence-electron chi connectivity index (χ1n) is 10.0. The maximum absolute atomic E-state index is 16.5. The third kappa shape index (κ3) is 4.61. The van der Waals surface area contributed by atoms with Crippen molar-refractivity contribution >= 4 is 39.7 Å². The molecule has 2 N–H and O–H groups in total. The van der Waals surface area contributed by atoms with E-state index in [0.29, 0.717) is 42.0 Å². The Bertz CT molecular complexity index is 1150. The number of allylic oxidation sites excluding steroid dienone is 3. The third-order valence-electron chi connectivity index (χ3n) is 5.10. The maximum Gasteiger partial charge on any atom is 0.405 e. The van der Waals surface area contributed by atoms with E-state index < -0.39 is 29.3 Å². The van der Waals surface area contributed by atoms with Crippen molar-refractivity contribution < 1.29 is 23.0 Å². The van der Waals surface area contributed by atoms with Gasteiger partial charge in [0.05, 0.1) is 35.1 Å². The first kappa shape index (κ1) is 23.3. The van der Waals surface area contributed by atoms with E-state index in [1.54, 1.807) is 13.0 Å². The quantitative estimate of drug-likeness (QED) is 0.492. The zero-order valence-corrected chi connectivity index (χ0v) is 19.1. The molecule has 33 heavy (non-hydrogen) atoms. The summed E-state index contributed by atoms with van der Waals surface area (Å²) in [6.45, 7) is 3.72. The minimum absolute atomic E-state index is 0.0207. The Morgan fingerprint density at radius 1 is 1.42 bits per heavy atom. The highest BCUT2D eigenvalue weighted by Crippen LogP contribution is 2.48. The number of hydrogen-bond acceptors (Lipinski definition) is 8. The highest BCUT2D eigenvalue weighted by molar-refractivity contribution is 7.19. The van der Waals surface area contributed by atoms with Gasteiger partial charge in [0.25, 0.3) is 0 Å². The summed E-state index contributed by atoms with van der Waals surface area (Å²) in [6.07, 6.45) is 3.43. The van der Waals surface area contributed by atoms with Gasteiger partial charge in [-0.1, -0.05) is 17.4 Å². The molecule has 2 aliphatic rings. The summed E-state index contributed by atoms with van der Waals surface area (Å²) >= 11 is 7.20. The van der Waals surface area contributed by atoms with Gasteiger partial charge in [-0.05, 0) is 42.8 Å². The predicted octanol–water partition coefficient (Wildman–Crippen LogP) is 4.09. The molecular weight excluding hydrogens is 476 g/mol. The lowest BCUT2D eigenvalue weighted by Crippen LogP contribution is -2.42. The molecule has 0 bridgehead atoms. The molecule has 1 aliphatic carbocycles. The zero-order valence-electron chi connectivity index (χ0n) is 17.5. The van der Waals surface area contributed by atoms with E-state index in [-0.39, 0.29) is 11.0 Å². The second kappa shape index (κ2) is 9.54. The van der Waals surface area contributed by atoms with Gasteiger partial charge < -0.3 is 20.1 Å². The van der Waals surface area contributed by atoms with Crippen LogP contribution in [0, 0.1) is 0 Å². The Hall–Kier alpha value is -2.89. The first-order valence-corrected chi connectivity index (χ1v) is 11.2. The summed E-state index contributed by atoms with van der Waals surface area (Å²) in [4.78, 5) is 26.5. The van der Waals surface area contributed by atoms with Crippen LogP contribution in [-0.2, 0) is 9.47 Å². The fourth-order valence-corrected chi connectivity index (χ4v) is 4.93. The van der Waals surface area contributed by atoms with Crippen molar-refractivity contribution in [1.29, 1.82) is 0 Å². The molecule has 0 radical (unpaired) electrons. The number of hydrogen-bond donors (Lipinski definition) is 1. The van der Waals surface area contributed by atoms with E-state index in [9.17, 15) is 4.79 Å². The van der Waals surface area contributed by atoms with Crippen molar-refractivity contribution in [3.63, 3.8) is 0 Å². The smallest absolute Gasteiger partial charge is 0.405 e. The van der Waals surface area contributed by atoms with E-state index >= 15 is 8.78 Å². The molecule has 8 nitrogen and oxygen atoms in total. The number of aromatic nitrogens is 3. The third-order valence-corrected chi connectivity index (χ3v) is 6.42. The van der Waals surface area contributed by atoms with Crippen LogP contribution >= 0.6 is 22.9 Å². The summed E-state index contributed by atoms with van der Waals surface area (Å²) in [5, 5.41) is 0.524. The fourth-order valence-electron chi connectivity index (χ4n) is 3.69. The predicted molar refractivity (Wildman–Crippen MR) is 121 cm³/mol. The van der Waals surface area contributed by atoms with Gasteiger partial charge in [0, 0.05) is 19.3 Å². The average Bonchev–Trinajstić information content (AvgIpc) is 3.21. The molecule has 4 rings (SSSR count). The summed E-state index contributed by atoms with van der Waals surface area (Å²) in [6, 6.07) is 1.58. The Labute approximate surface area is 197 Å². The van der Waals surface area contributed by atoms with Crippen LogP contribution in [0.3, 0.4) is 0 Å². The number of thiazole rings is 1. The van der Waals surface area contributed by atoms with Gasteiger partial charge in [0.2, 0.25) is 5.28 Å². The van der Waals surface area contributed by atoms with Gasteiger partial charge in [0.15, 0.2) is 16.9 Å². The molecule has 2 atom stereocenters. The maximum atomic E-state index is 16.5. The average molecular weight is 496 g/mol. The standard InChI is InChI=1S/C21H20ClF2N5O3S/c1-2-6-21(24)14(32-19(25)30)4-3-12(23)15(21)16-17(13-5-7-26-18(22)27-13)33-20(28-16)29-8-10-31-11-9-29/h2-7,14H,8-11H2,1H3,(H2,25,30). The second-order valence-corrected chi connectivity index (χ2v) is 8.51. The summed E-state index contributed by atoms with van der Waals surface area (Å²) in [5.41, 5.74) is 2.56. The van der Waals surface area contributed by atoms with Crippen molar-refractivity contribution in [2.75, 3.05) is 31.2 Å². The molecule has 12 heteroatoms.